The third kappa shape index (κ3) is 4.37. The Morgan fingerprint density at radius 2 is 2.00 bits per heavy atom. The van der Waals surface area contributed by atoms with E-state index in [2.05, 4.69) is 4.90 Å². The van der Waals surface area contributed by atoms with Crippen molar-refractivity contribution < 1.29 is 22.4 Å². The smallest absolute Gasteiger partial charge is 0.319 e. The monoisotopic (exact) mass is 434 g/mol. The fraction of sp³-hybridized carbons (Fsp3) is 0.300. The molecule has 0 radical (unpaired) electrons. The van der Waals surface area contributed by atoms with Gasteiger partial charge in [0.15, 0.2) is 0 Å². The molecule has 0 aliphatic carbocycles. The molecule has 1 N–H and O–H groups in total. The van der Waals surface area contributed by atoms with Gasteiger partial charge in [-0.1, -0.05) is 30.3 Å². The van der Waals surface area contributed by atoms with Crippen LogP contribution in [0.1, 0.15) is 5.56 Å². The molecular weight excluding hydrogens is 412 g/mol. The van der Waals surface area contributed by atoms with E-state index in [0.717, 1.165) is 29.2 Å². The van der Waals surface area contributed by atoms with Crippen molar-refractivity contribution in [2.45, 2.75) is 5.91 Å². The van der Waals surface area contributed by atoms with E-state index >= 15 is 0 Å². The predicted octanol–water partition coefficient (Wildman–Crippen LogP) is 3.26. The highest BCUT2D eigenvalue weighted by Crippen LogP contribution is 2.45. The first-order valence-electron chi connectivity index (χ1n) is 9.18. The Bertz CT molecular complexity index is 1010. The molecule has 0 amide bonds. The summed E-state index contributed by atoms with van der Waals surface area (Å²) in [6.07, 6.45) is 3.91. The average molecular weight is 435 g/mol. The summed E-state index contributed by atoms with van der Waals surface area (Å²) in [7, 11) is -1.59. The lowest BCUT2D eigenvalue weighted by atomic mass is 10.1. The second-order valence-corrected chi connectivity index (χ2v) is 10.3. The van der Waals surface area contributed by atoms with E-state index in [9.17, 15) is 8.42 Å². The Kier molecular flexibility index (Phi) is 5.48. The lowest BCUT2D eigenvalue weighted by molar-refractivity contribution is -0.0958. The number of ether oxygens (including phenoxy) is 2. The molecule has 2 aliphatic heterocycles. The van der Waals surface area contributed by atoms with Crippen molar-refractivity contribution in [1.82, 2.24) is 0 Å². The molecule has 1 unspecified atom stereocenters. The quantitative estimate of drug-likeness (QED) is 0.526. The van der Waals surface area contributed by atoms with Gasteiger partial charge in [0.25, 0.3) is 0 Å². The minimum atomic E-state index is -4.00. The van der Waals surface area contributed by atoms with Gasteiger partial charge in [0.1, 0.15) is 5.75 Å². The van der Waals surface area contributed by atoms with Crippen LogP contribution in [-0.2, 0) is 13.9 Å². The molecule has 29 heavy (non-hydrogen) atoms. The Balaban J connectivity index is 1.42. The molecule has 2 aromatic rings. The molecule has 1 saturated heterocycles. The number of hydrogen-bond acceptors (Lipinski definition) is 7. The zero-order valence-electron chi connectivity index (χ0n) is 15.9. The van der Waals surface area contributed by atoms with Gasteiger partial charge in [0, 0.05) is 37.7 Å². The molecule has 1 fully saturated rings. The summed E-state index contributed by atoms with van der Waals surface area (Å²) in [5.41, 5.74) is 2.99. The van der Waals surface area contributed by atoms with Gasteiger partial charge in [0.2, 0.25) is 0 Å². The topological polar surface area (TPSA) is 79.3 Å². The summed E-state index contributed by atoms with van der Waals surface area (Å²) >= 11 is 0. The van der Waals surface area contributed by atoms with Crippen LogP contribution >= 0.6 is 10.8 Å². The van der Waals surface area contributed by atoms with Gasteiger partial charge in [-0.25, -0.2) is 0 Å². The van der Waals surface area contributed by atoms with E-state index in [-0.39, 0.29) is 5.75 Å². The summed E-state index contributed by atoms with van der Waals surface area (Å²) < 4.78 is 42.4. The molecule has 4 rings (SSSR count). The number of benzene rings is 2. The van der Waals surface area contributed by atoms with Gasteiger partial charge in [-0.15, -0.1) is 0 Å². The van der Waals surface area contributed by atoms with Crippen molar-refractivity contribution >= 4 is 37.4 Å². The van der Waals surface area contributed by atoms with Crippen LogP contribution in [0.25, 0.3) is 6.08 Å². The Morgan fingerprint density at radius 1 is 1.24 bits per heavy atom. The average Bonchev–Trinajstić information content (AvgIpc) is 3.22. The maximum absolute atomic E-state index is 10.8. The van der Waals surface area contributed by atoms with Gasteiger partial charge in [-0.2, -0.15) is 8.42 Å². The molecule has 7 nitrogen and oxygen atoms in total. The number of anilines is 2. The van der Waals surface area contributed by atoms with Crippen molar-refractivity contribution in [3.63, 3.8) is 0 Å². The van der Waals surface area contributed by atoms with Crippen LogP contribution in [0.3, 0.4) is 0 Å². The maximum Gasteiger partial charge on any atom is 0.319 e. The van der Waals surface area contributed by atoms with Crippen LogP contribution in [-0.4, -0.2) is 51.4 Å². The summed E-state index contributed by atoms with van der Waals surface area (Å²) in [5, 5.41) is 0. The fourth-order valence-electron chi connectivity index (χ4n) is 3.44. The van der Waals surface area contributed by atoms with Crippen molar-refractivity contribution in [2.75, 3.05) is 42.3 Å². The fourth-order valence-corrected chi connectivity index (χ4v) is 4.85. The SMILES string of the molecule is CN(CCSS(=O)(=O)O)c1ccc(/C=C/C23OCCN2c2ccccc2O3)cc1. The second kappa shape index (κ2) is 7.91. The summed E-state index contributed by atoms with van der Waals surface area (Å²) in [4.78, 5) is 4.05. The standard InChI is InChI=1S/C20H22N2O5S2/c1-21(13-15-28-29(23,24)25)17-8-6-16(7-9-17)10-11-20-22(12-14-26-20)18-4-2-3-5-19(18)27-20/h2-11H,12-15H2,1H3,(H,23,24,25)/b11-10+. The molecule has 2 aliphatic rings. The van der Waals surface area contributed by atoms with E-state index < -0.39 is 15.1 Å². The van der Waals surface area contributed by atoms with Gasteiger partial charge >= 0.3 is 15.1 Å². The zero-order chi connectivity index (χ0) is 20.5. The third-order valence-electron chi connectivity index (χ3n) is 4.89. The summed E-state index contributed by atoms with van der Waals surface area (Å²) in [5.74, 6) is 0.202. The molecular formula is C20H22N2O5S2. The highest BCUT2D eigenvalue weighted by Gasteiger charge is 2.49. The van der Waals surface area contributed by atoms with Crippen molar-refractivity contribution in [2.24, 2.45) is 0 Å². The van der Waals surface area contributed by atoms with Crippen LogP contribution in [0.5, 0.6) is 5.75 Å². The molecule has 0 saturated carbocycles. The lowest BCUT2D eigenvalue weighted by Gasteiger charge is -2.26. The van der Waals surface area contributed by atoms with E-state index in [1.807, 2.05) is 72.6 Å². The van der Waals surface area contributed by atoms with Gasteiger partial charge in [-0.05, 0) is 40.6 Å². The van der Waals surface area contributed by atoms with E-state index in [1.54, 1.807) is 0 Å². The van der Waals surface area contributed by atoms with Crippen LogP contribution in [0.4, 0.5) is 11.4 Å². The largest absolute Gasteiger partial charge is 0.439 e. The summed E-state index contributed by atoms with van der Waals surface area (Å²) in [6, 6.07) is 15.8. The van der Waals surface area contributed by atoms with Crippen molar-refractivity contribution in [3.05, 3.63) is 60.2 Å². The van der Waals surface area contributed by atoms with E-state index in [0.29, 0.717) is 23.9 Å². The number of hydrogen-bond donors (Lipinski definition) is 1. The van der Waals surface area contributed by atoms with Gasteiger partial charge in [0.05, 0.1) is 12.3 Å². The number of rotatable bonds is 7. The van der Waals surface area contributed by atoms with Gasteiger partial charge < -0.3 is 19.3 Å². The highest BCUT2D eigenvalue weighted by atomic mass is 33.1. The van der Waals surface area contributed by atoms with Crippen molar-refractivity contribution in [1.29, 1.82) is 0 Å². The van der Waals surface area contributed by atoms with Crippen LogP contribution in [0.15, 0.2) is 54.6 Å². The molecule has 0 aromatic heterocycles. The first-order chi connectivity index (χ1) is 13.9. The Labute approximate surface area is 174 Å². The number of para-hydroxylation sites is 2. The maximum atomic E-state index is 10.8. The van der Waals surface area contributed by atoms with E-state index in [1.165, 1.54) is 0 Å². The minimum absolute atomic E-state index is 0.282. The van der Waals surface area contributed by atoms with Crippen LogP contribution in [0, 0.1) is 0 Å². The first kappa shape index (κ1) is 20.1. The van der Waals surface area contributed by atoms with E-state index in [4.69, 9.17) is 14.0 Å². The third-order valence-corrected chi connectivity index (χ3v) is 6.93. The molecule has 2 aromatic carbocycles. The second-order valence-electron chi connectivity index (χ2n) is 6.80. The lowest BCUT2D eigenvalue weighted by Crippen LogP contribution is -2.44. The molecule has 2 heterocycles. The Morgan fingerprint density at radius 3 is 2.76 bits per heavy atom. The molecule has 0 bridgehead atoms. The molecule has 1 atom stereocenters. The molecule has 0 spiro atoms. The van der Waals surface area contributed by atoms with Gasteiger partial charge in [-0.3, -0.25) is 4.55 Å². The number of nitrogens with zero attached hydrogens (tertiary/aromatic N) is 2. The summed E-state index contributed by atoms with van der Waals surface area (Å²) in [6.45, 7) is 1.87. The molecule has 9 heteroatoms. The van der Waals surface area contributed by atoms with Crippen LogP contribution < -0.4 is 14.5 Å². The highest BCUT2D eigenvalue weighted by molar-refractivity contribution is 8.69. The predicted molar refractivity (Wildman–Crippen MR) is 116 cm³/mol. The Hall–Kier alpha value is -2.20. The van der Waals surface area contributed by atoms with Crippen LogP contribution in [0.2, 0.25) is 0 Å². The molecule has 154 valence electrons. The minimum Gasteiger partial charge on any atom is -0.439 e. The zero-order valence-corrected chi connectivity index (χ0v) is 17.5. The normalized spacial score (nSPS) is 20.6. The van der Waals surface area contributed by atoms with Crippen molar-refractivity contribution in [3.8, 4) is 5.75 Å². The first-order valence-corrected chi connectivity index (χ1v) is 12.1. The number of fused-ring (bicyclic) bond motifs is 3.